The predicted molar refractivity (Wildman–Crippen MR) is 66.4 cm³/mol. The first-order chi connectivity index (χ1) is 8.92. The van der Waals surface area contributed by atoms with Crippen molar-refractivity contribution >= 4 is 17.7 Å². The number of aliphatic carboxylic acids is 1. The van der Waals surface area contributed by atoms with Crippen molar-refractivity contribution in [3.8, 4) is 0 Å². The van der Waals surface area contributed by atoms with Crippen LogP contribution in [0.2, 0.25) is 0 Å². The number of carboxylic acids is 1. The van der Waals surface area contributed by atoms with Crippen LogP contribution in [0, 0.1) is 12.7 Å². The van der Waals surface area contributed by atoms with Crippen LogP contribution in [-0.2, 0) is 4.79 Å². The molecule has 0 radical (unpaired) electrons. The van der Waals surface area contributed by atoms with E-state index in [0.717, 1.165) is 6.07 Å². The monoisotopic (exact) mass is 270 g/mol. The molecule has 0 aliphatic carbocycles. The molecule has 1 atom stereocenters. The summed E-state index contributed by atoms with van der Waals surface area (Å²) in [6.45, 7) is 1.30. The van der Waals surface area contributed by atoms with Gasteiger partial charge >= 0.3 is 12.0 Å². The lowest BCUT2D eigenvalue weighted by Crippen LogP contribution is -2.43. The fourth-order valence-corrected chi connectivity index (χ4v) is 1.52. The van der Waals surface area contributed by atoms with E-state index in [0.29, 0.717) is 5.56 Å². The summed E-state index contributed by atoms with van der Waals surface area (Å²) in [4.78, 5) is 22.3. The number of hydrogen-bond acceptors (Lipinski definition) is 3. The van der Waals surface area contributed by atoms with E-state index >= 15 is 0 Å². The highest BCUT2D eigenvalue weighted by Gasteiger charge is 2.19. The van der Waals surface area contributed by atoms with Crippen LogP contribution in [0.3, 0.4) is 0 Å². The van der Waals surface area contributed by atoms with Gasteiger partial charge in [0.1, 0.15) is 11.9 Å². The van der Waals surface area contributed by atoms with Gasteiger partial charge in [-0.3, -0.25) is 0 Å². The lowest BCUT2D eigenvalue weighted by atomic mass is 10.2. The van der Waals surface area contributed by atoms with E-state index in [1.165, 1.54) is 6.07 Å². The van der Waals surface area contributed by atoms with E-state index in [2.05, 4.69) is 10.6 Å². The number of amides is 2. The van der Waals surface area contributed by atoms with Crippen LogP contribution in [0.4, 0.5) is 14.9 Å². The number of carbonyl (C=O) groups is 2. The van der Waals surface area contributed by atoms with Gasteiger partial charge in [0.05, 0.1) is 0 Å². The van der Waals surface area contributed by atoms with Crippen molar-refractivity contribution in [3.63, 3.8) is 0 Å². The van der Waals surface area contributed by atoms with Crippen molar-refractivity contribution in [3.05, 3.63) is 29.6 Å². The van der Waals surface area contributed by atoms with Crippen molar-refractivity contribution in [2.24, 2.45) is 0 Å². The minimum Gasteiger partial charge on any atom is -0.480 e. The molecular weight excluding hydrogens is 255 g/mol. The summed E-state index contributed by atoms with van der Waals surface area (Å²) in [5.74, 6) is -1.75. The van der Waals surface area contributed by atoms with Crippen molar-refractivity contribution in [2.75, 3.05) is 11.9 Å². The van der Waals surface area contributed by atoms with Gasteiger partial charge in [-0.05, 0) is 30.7 Å². The van der Waals surface area contributed by atoms with Crippen molar-refractivity contribution in [2.45, 2.75) is 19.4 Å². The third-order valence-corrected chi connectivity index (χ3v) is 2.32. The van der Waals surface area contributed by atoms with Gasteiger partial charge in [-0.2, -0.15) is 0 Å². The molecule has 0 heterocycles. The minimum atomic E-state index is -1.25. The lowest BCUT2D eigenvalue weighted by molar-refractivity contribution is -0.139. The van der Waals surface area contributed by atoms with Gasteiger partial charge in [0.15, 0.2) is 0 Å². The third-order valence-electron chi connectivity index (χ3n) is 2.32. The Kier molecular flexibility index (Phi) is 5.25. The van der Waals surface area contributed by atoms with Crippen LogP contribution in [0.25, 0.3) is 0 Å². The van der Waals surface area contributed by atoms with Gasteiger partial charge in [-0.15, -0.1) is 0 Å². The molecule has 19 heavy (non-hydrogen) atoms. The quantitative estimate of drug-likeness (QED) is 0.643. The second kappa shape index (κ2) is 6.69. The molecule has 0 spiro atoms. The van der Waals surface area contributed by atoms with E-state index in [1.54, 1.807) is 13.0 Å². The Balaban J connectivity index is 2.66. The number of aryl methyl sites for hydroxylation is 1. The molecule has 0 saturated heterocycles. The number of benzene rings is 1. The number of aliphatic hydroxyl groups excluding tert-OH is 1. The maximum absolute atomic E-state index is 13.1. The average molecular weight is 270 g/mol. The topological polar surface area (TPSA) is 98.7 Å². The normalized spacial score (nSPS) is 11.7. The molecule has 1 aromatic rings. The van der Waals surface area contributed by atoms with Gasteiger partial charge in [-0.25, -0.2) is 14.0 Å². The first-order valence-electron chi connectivity index (χ1n) is 5.60. The van der Waals surface area contributed by atoms with Crippen LogP contribution in [0.15, 0.2) is 18.2 Å². The molecule has 0 saturated carbocycles. The first-order valence-corrected chi connectivity index (χ1v) is 5.60. The smallest absolute Gasteiger partial charge is 0.326 e. The summed E-state index contributed by atoms with van der Waals surface area (Å²) in [5.41, 5.74) is 0.851. The molecule has 2 amide bonds. The number of urea groups is 1. The molecule has 4 N–H and O–H groups in total. The number of nitrogens with one attached hydrogen (secondary N) is 2. The van der Waals surface area contributed by atoms with E-state index in [1.807, 2.05) is 0 Å². The molecule has 104 valence electrons. The maximum Gasteiger partial charge on any atom is 0.326 e. The standard InChI is InChI=1S/C12H15FN2O4/c1-7-4-8(13)6-9(5-7)14-12(19)15-10(2-3-16)11(17)18/h4-6,10,16H,2-3H2,1H3,(H,17,18)(H2,14,15,19)/t10-/m0/s1. The summed E-state index contributed by atoms with van der Waals surface area (Å²) >= 11 is 0. The van der Waals surface area contributed by atoms with Gasteiger partial charge in [0.2, 0.25) is 0 Å². The molecule has 1 rings (SSSR count). The summed E-state index contributed by atoms with van der Waals surface area (Å²) in [6.07, 6.45) is -0.106. The zero-order chi connectivity index (χ0) is 14.4. The minimum absolute atomic E-state index is 0.106. The number of halogens is 1. The maximum atomic E-state index is 13.1. The Morgan fingerprint density at radius 3 is 2.58 bits per heavy atom. The molecule has 0 aromatic heterocycles. The highest BCUT2D eigenvalue weighted by atomic mass is 19.1. The van der Waals surface area contributed by atoms with Crippen molar-refractivity contribution in [1.29, 1.82) is 0 Å². The van der Waals surface area contributed by atoms with E-state index < -0.39 is 23.9 Å². The lowest BCUT2D eigenvalue weighted by Gasteiger charge is -2.14. The zero-order valence-electron chi connectivity index (χ0n) is 10.3. The van der Waals surface area contributed by atoms with Gasteiger partial charge < -0.3 is 20.8 Å². The third kappa shape index (κ3) is 4.92. The summed E-state index contributed by atoms with van der Waals surface area (Å²) in [6, 6.07) is 2.00. The number of anilines is 1. The Morgan fingerprint density at radius 1 is 1.37 bits per heavy atom. The van der Waals surface area contributed by atoms with Crippen molar-refractivity contribution in [1.82, 2.24) is 5.32 Å². The van der Waals surface area contributed by atoms with E-state index in [-0.39, 0.29) is 18.7 Å². The van der Waals surface area contributed by atoms with Gasteiger partial charge in [-0.1, -0.05) is 0 Å². The fraction of sp³-hybridized carbons (Fsp3) is 0.333. The van der Waals surface area contributed by atoms with Crippen LogP contribution in [0.5, 0.6) is 0 Å². The van der Waals surface area contributed by atoms with Crippen LogP contribution >= 0.6 is 0 Å². The molecule has 0 aliphatic heterocycles. The van der Waals surface area contributed by atoms with Crippen LogP contribution in [0.1, 0.15) is 12.0 Å². The Hall–Kier alpha value is -2.15. The van der Waals surface area contributed by atoms with Gasteiger partial charge in [0, 0.05) is 18.7 Å². The molecule has 1 aromatic carbocycles. The summed E-state index contributed by atoms with van der Waals surface area (Å²) < 4.78 is 13.1. The van der Waals surface area contributed by atoms with Gasteiger partial charge in [0.25, 0.3) is 0 Å². The number of carbonyl (C=O) groups excluding carboxylic acids is 1. The molecule has 0 unspecified atom stereocenters. The Bertz CT molecular complexity index is 459. The Labute approximate surface area is 109 Å². The molecular formula is C12H15FN2O4. The second-order valence-corrected chi connectivity index (χ2v) is 4.02. The second-order valence-electron chi connectivity index (χ2n) is 4.02. The molecule has 0 aliphatic rings. The van der Waals surface area contributed by atoms with Crippen LogP contribution < -0.4 is 10.6 Å². The number of rotatable bonds is 5. The largest absolute Gasteiger partial charge is 0.480 e. The predicted octanol–water partition coefficient (Wildman–Crippen LogP) is 1.09. The molecule has 7 heteroatoms. The SMILES string of the molecule is Cc1cc(F)cc(NC(=O)N[C@@H](CCO)C(=O)O)c1. The number of aliphatic hydroxyl groups is 1. The highest BCUT2D eigenvalue weighted by molar-refractivity contribution is 5.92. The highest BCUT2D eigenvalue weighted by Crippen LogP contribution is 2.13. The average Bonchev–Trinajstić information content (AvgIpc) is 2.26. The fourth-order valence-electron chi connectivity index (χ4n) is 1.52. The first kappa shape index (κ1) is 14.9. The zero-order valence-corrected chi connectivity index (χ0v) is 10.3. The number of hydrogen-bond donors (Lipinski definition) is 4. The Morgan fingerprint density at radius 2 is 2.05 bits per heavy atom. The summed E-state index contributed by atoms with van der Waals surface area (Å²) in [7, 11) is 0. The van der Waals surface area contributed by atoms with Crippen molar-refractivity contribution < 1.29 is 24.2 Å². The molecule has 6 nitrogen and oxygen atoms in total. The molecule has 0 fully saturated rings. The van der Waals surface area contributed by atoms with E-state index in [9.17, 15) is 14.0 Å². The summed E-state index contributed by atoms with van der Waals surface area (Å²) in [5, 5.41) is 22.0. The molecule has 0 bridgehead atoms. The van der Waals surface area contributed by atoms with Crippen LogP contribution in [-0.4, -0.2) is 34.9 Å². The number of carboxylic acid groups (broad SMARTS) is 1. The van der Waals surface area contributed by atoms with E-state index in [4.69, 9.17) is 10.2 Å².